The van der Waals surface area contributed by atoms with E-state index >= 15 is 0 Å². The number of aliphatic hydroxyl groups is 1. The van der Waals surface area contributed by atoms with Crippen LogP contribution in [0, 0.1) is 6.92 Å². The van der Waals surface area contributed by atoms with Gasteiger partial charge in [-0.25, -0.2) is 8.42 Å². The minimum atomic E-state index is -3.59. The number of aliphatic hydroxyl groups excluding tert-OH is 1. The van der Waals surface area contributed by atoms with Crippen LogP contribution in [-0.4, -0.2) is 37.5 Å². The Bertz CT molecular complexity index is 476. The van der Waals surface area contributed by atoms with Crippen molar-refractivity contribution in [3.05, 3.63) is 28.6 Å². The van der Waals surface area contributed by atoms with E-state index < -0.39 is 10.0 Å². The Labute approximate surface area is 110 Å². The van der Waals surface area contributed by atoms with Crippen LogP contribution >= 0.6 is 22.9 Å². The van der Waals surface area contributed by atoms with Crippen molar-refractivity contribution in [2.24, 2.45) is 0 Å². The summed E-state index contributed by atoms with van der Waals surface area (Å²) < 4.78 is 26.2. The van der Waals surface area contributed by atoms with Gasteiger partial charge in [-0.2, -0.15) is 4.31 Å². The minimum Gasteiger partial charge on any atom is -0.395 e. The molecule has 0 aromatic carbocycles. The molecule has 1 aromatic rings. The Balaban J connectivity index is 3.10. The Hall–Kier alpha value is -0.400. The van der Waals surface area contributed by atoms with Crippen molar-refractivity contribution in [2.75, 3.05) is 19.7 Å². The van der Waals surface area contributed by atoms with Crippen LogP contribution in [0.2, 0.25) is 4.34 Å². The van der Waals surface area contributed by atoms with Crippen molar-refractivity contribution < 1.29 is 13.5 Å². The van der Waals surface area contributed by atoms with Gasteiger partial charge in [0.1, 0.15) is 4.21 Å². The van der Waals surface area contributed by atoms with Gasteiger partial charge in [-0.3, -0.25) is 0 Å². The minimum absolute atomic E-state index is 0.0446. The fourth-order valence-corrected chi connectivity index (χ4v) is 4.52. The second-order valence-electron chi connectivity index (χ2n) is 3.40. The summed E-state index contributed by atoms with van der Waals surface area (Å²) in [4.78, 5) is 0. The molecule has 0 atom stereocenters. The number of halogens is 1. The lowest BCUT2D eigenvalue weighted by atomic mass is 10.4. The van der Waals surface area contributed by atoms with E-state index in [1.54, 1.807) is 6.92 Å². The molecule has 0 unspecified atom stereocenters. The summed E-state index contributed by atoms with van der Waals surface area (Å²) in [6.07, 6.45) is 1.48. The fourth-order valence-electron chi connectivity index (χ4n) is 1.25. The van der Waals surface area contributed by atoms with E-state index in [-0.39, 0.29) is 23.9 Å². The first-order valence-electron chi connectivity index (χ1n) is 4.91. The molecule has 0 aliphatic rings. The SMILES string of the molecule is C=CCN(CCO)S(=O)(=O)c1cc(C)c(Cl)s1. The topological polar surface area (TPSA) is 57.6 Å². The number of rotatable bonds is 6. The number of aryl methyl sites for hydroxylation is 1. The van der Waals surface area contributed by atoms with E-state index in [0.29, 0.717) is 4.34 Å². The van der Waals surface area contributed by atoms with E-state index in [9.17, 15) is 8.42 Å². The van der Waals surface area contributed by atoms with Crippen LogP contribution in [0.15, 0.2) is 22.9 Å². The summed E-state index contributed by atoms with van der Waals surface area (Å²) in [6.45, 7) is 5.23. The fraction of sp³-hybridized carbons (Fsp3) is 0.400. The van der Waals surface area contributed by atoms with Gasteiger partial charge in [-0.15, -0.1) is 17.9 Å². The van der Waals surface area contributed by atoms with Gasteiger partial charge in [0.15, 0.2) is 0 Å². The molecule has 0 bridgehead atoms. The summed E-state index contributed by atoms with van der Waals surface area (Å²) in [5.74, 6) is 0. The Morgan fingerprint density at radius 2 is 2.29 bits per heavy atom. The smallest absolute Gasteiger partial charge is 0.252 e. The third kappa shape index (κ3) is 3.29. The molecule has 0 saturated heterocycles. The first-order chi connectivity index (χ1) is 7.93. The van der Waals surface area contributed by atoms with E-state index in [2.05, 4.69) is 6.58 Å². The van der Waals surface area contributed by atoms with Gasteiger partial charge in [0.25, 0.3) is 10.0 Å². The zero-order chi connectivity index (χ0) is 13.1. The Morgan fingerprint density at radius 1 is 1.65 bits per heavy atom. The van der Waals surface area contributed by atoms with Gasteiger partial charge < -0.3 is 5.11 Å². The van der Waals surface area contributed by atoms with Crippen LogP contribution in [0.5, 0.6) is 0 Å². The molecule has 1 heterocycles. The summed E-state index contributed by atoms with van der Waals surface area (Å²) in [5.41, 5.74) is 0.734. The van der Waals surface area contributed by atoms with Gasteiger partial charge in [-0.05, 0) is 18.6 Å². The monoisotopic (exact) mass is 295 g/mol. The lowest BCUT2D eigenvalue weighted by Crippen LogP contribution is -2.33. The van der Waals surface area contributed by atoms with Crippen LogP contribution in [0.25, 0.3) is 0 Å². The molecular weight excluding hydrogens is 282 g/mol. The summed E-state index contributed by atoms with van der Waals surface area (Å²) in [6, 6.07) is 1.54. The molecule has 0 spiro atoms. The van der Waals surface area contributed by atoms with Gasteiger partial charge in [0, 0.05) is 13.1 Å². The highest BCUT2D eigenvalue weighted by Gasteiger charge is 2.25. The van der Waals surface area contributed by atoms with Gasteiger partial charge in [-0.1, -0.05) is 17.7 Å². The van der Waals surface area contributed by atoms with Crippen LogP contribution in [0.3, 0.4) is 0 Å². The predicted octanol–water partition coefficient (Wildman–Crippen LogP) is 1.88. The highest BCUT2D eigenvalue weighted by molar-refractivity contribution is 7.91. The number of thiophene rings is 1. The molecule has 1 aromatic heterocycles. The summed E-state index contributed by atoms with van der Waals surface area (Å²) >= 11 is 6.88. The number of nitrogens with zero attached hydrogens (tertiary/aromatic N) is 1. The van der Waals surface area contributed by atoms with Crippen molar-refractivity contribution in [1.82, 2.24) is 4.31 Å². The van der Waals surface area contributed by atoms with Crippen molar-refractivity contribution in [3.8, 4) is 0 Å². The first-order valence-corrected chi connectivity index (χ1v) is 7.54. The van der Waals surface area contributed by atoms with E-state index in [0.717, 1.165) is 16.9 Å². The second-order valence-corrected chi connectivity index (χ2v) is 7.22. The van der Waals surface area contributed by atoms with Crippen molar-refractivity contribution >= 4 is 33.0 Å². The third-order valence-electron chi connectivity index (χ3n) is 2.11. The summed E-state index contributed by atoms with van der Waals surface area (Å²) in [7, 11) is -3.59. The molecule has 4 nitrogen and oxygen atoms in total. The maximum Gasteiger partial charge on any atom is 0.252 e. The molecule has 0 aliphatic heterocycles. The quantitative estimate of drug-likeness (QED) is 0.815. The number of hydrogen-bond donors (Lipinski definition) is 1. The normalized spacial score (nSPS) is 12.0. The molecule has 96 valence electrons. The molecule has 17 heavy (non-hydrogen) atoms. The van der Waals surface area contributed by atoms with Gasteiger partial charge >= 0.3 is 0 Å². The average Bonchev–Trinajstić information content (AvgIpc) is 2.59. The highest BCUT2D eigenvalue weighted by atomic mass is 35.5. The van der Waals surface area contributed by atoms with Crippen LogP contribution < -0.4 is 0 Å². The molecule has 0 aliphatic carbocycles. The molecule has 1 N–H and O–H groups in total. The average molecular weight is 296 g/mol. The third-order valence-corrected chi connectivity index (χ3v) is 5.98. The standard InChI is InChI=1S/C10H14ClNO3S2/c1-3-4-12(5-6-13)17(14,15)9-7-8(2)10(11)16-9/h3,7,13H,1,4-6H2,2H3. The molecule has 0 amide bonds. The molecule has 1 rings (SSSR count). The molecular formula is C10H14ClNO3S2. The Kier molecular flexibility index (Phi) is 5.15. The lowest BCUT2D eigenvalue weighted by molar-refractivity contribution is 0.260. The summed E-state index contributed by atoms with van der Waals surface area (Å²) in [5, 5.41) is 8.87. The van der Waals surface area contributed by atoms with E-state index in [1.165, 1.54) is 16.4 Å². The Morgan fingerprint density at radius 3 is 2.71 bits per heavy atom. The predicted molar refractivity (Wildman–Crippen MR) is 70.1 cm³/mol. The lowest BCUT2D eigenvalue weighted by Gasteiger charge is -2.18. The van der Waals surface area contributed by atoms with Crippen LogP contribution in [-0.2, 0) is 10.0 Å². The van der Waals surface area contributed by atoms with Crippen molar-refractivity contribution in [2.45, 2.75) is 11.1 Å². The molecule has 7 heteroatoms. The maximum absolute atomic E-state index is 12.2. The maximum atomic E-state index is 12.2. The van der Waals surface area contributed by atoms with Gasteiger partial charge in [0.2, 0.25) is 0 Å². The zero-order valence-electron chi connectivity index (χ0n) is 9.39. The molecule has 0 fully saturated rings. The van der Waals surface area contributed by atoms with Gasteiger partial charge in [0.05, 0.1) is 10.9 Å². The second kappa shape index (κ2) is 5.97. The first kappa shape index (κ1) is 14.7. The zero-order valence-corrected chi connectivity index (χ0v) is 11.8. The van der Waals surface area contributed by atoms with E-state index in [1.807, 2.05) is 0 Å². The number of sulfonamides is 1. The van der Waals surface area contributed by atoms with Crippen molar-refractivity contribution in [1.29, 1.82) is 0 Å². The highest BCUT2D eigenvalue weighted by Crippen LogP contribution is 2.31. The molecule has 0 radical (unpaired) electrons. The van der Waals surface area contributed by atoms with Crippen molar-refractivity contribution in [3.63, 3.8) is 0 Å². The van der Waals surface area contributed by atoms with Crippen LogP contribution in [0.1, 0.15) is 5.56 Å². The van der Waals surface area contributed by atoms with Crippen LogP contribution in [0.4, 0.5) is 0 Å². The molecule has 0 saturated carbocycles. The largest absolute Gasteiger partial charge is 0.395 e. The van der Waals surface area contributed by atoms with E-state index in [4.69, 9.17) is 16.7 Å². The number of hydrogen-bond acceptors (Lipinski definition) is 4.